The van der Waals surface area contributed by atoms with Gasteiger partial charge in [-0.15, -0.1) is 11.3 Å². The molecular formula is C23H23F5N6OS. The van der Waals surface area contributed by atoms with E-state index in [1.165, 1.54) is 11.3 Å². The fourth-order valence-electron chi connectivity index (χ4n) is 4.14. The van der Waals surface area contributed by atoms with Crippen molar-refractivity contribution in [1.29, 1.82) is 0 Å². The van der Waals surface area contributed by atoms with Crippen molar-refractivity contribution >= 4 is 23.1 Å². The highest BCUT2D eigenvalue weighted by Crippen LogP contribution is 2.37. The largest absolute Gasteiger partial charge is 0.434 e. The number of thiazole rings is 1. The van der Waals surface area contributed by atoms with Gasteiger partial charge < -0.3 is 10.2 Å². The van der Waals surface area contributed by atoms with Gasteiger partial charge in [0.1, 0.15) is 11.5 Å². The monoisotopic (exact) mass is 526 g/mol. The first-order chi connectivity index (χ1) is 16.8. The average Bonchev–Trinajstić information content (AvgIpc) is 3.19. The van der Waals surface area contributed by atoms with Gasteiger partial charge in [-0.3, -0.25) is 9.78 Å². The molecule has 0 spiro atoms. The second kappa shape index (κ2) is 9.68. The van der Waals surface area contributed by atoms with Crippen molar-refractivity contribution in [3.63, 3.8) is 0 Å². The average molecular weight is 527 g/mol. The zero-order chi connectivity index (χ0) is 26.3. The number of carbonyl (C=O) groups is 1. The Morgan fingerprint density at radius 1 is 1.17 bits per heavy atom. The lowest BCUT2D eigenvalue weighted by Gasteiger charge is -2.43. The molecule has 36 heavy (non-hydrogen) atoms. The number of hydrogen-bond donors (Lipinski definition) is 1. The maximum atomic E-state index is 14.6. The highest BCUT2D eigenvalue weighted by atomic mass is 32.1. The van der Waals surface area contributed by atoms with Crippen LogP contribution in [0.5, 0.6) is 0 Å². The molecule has 0 bridgehead atoms. The van der Waals surface area contributed by atoms with Gasteiger partial charge in [-0.05, 0) is 31.4 Å². The van der Waals surface area contributed by atoms with E-state index in [1.54, 1.807) is 26.1 Å². The number of piperidine rings is 1. The zero-order valence-electron chi connectivity index (χ0n) is 19.6. The van der Waals surface area contributed by atoms with Crippen LogP contribution in [-0.2, 0) is 6.18 Å². The van der Waals surface area contributed by atoms with Crippen LogP contribution in [0.2, 0.25) is 0 Å². The Morgan fingerprint density at radius 3 is 2.53 bits per heavy atom. The Morgan fingerprint density at radius 2 is 1.92 bits per heavy atom. The molecule has 3 aromatic heterocycles. The SMILES string of the molecule is Cc1ccc(-c2sc(C)nc2C(=O)N2CC(F)(F)C[C@@H](C)[C@H]2CNc2cnc(C(F)(F)F)cn2)nc1. The summed E-state index contributed by atoms with van der Waals surface area (Å²) in [6.07, 6.45) is -1.92. The number of aryl methyl sites for hydroxylation is 2. The Labute approximate surface area is 207 Å². The summed E-state index contributed by atoms with van der Waals surface area (Å²) in [4.78, 5) is 30.9. The second-order valence-electron chi connectivity index (χ2n) is 8.83. The number of likely N-dealkylation sites (tertiary alicyclic amines) is 1. The van der Waals surface area contributed by atoms with Gasteiger partial charge in [0.2, 0.25) is 0 Å². The van der Waals surface area contributed by atoms with Crippen molar-refractivity contribution in [2.75, 3.05) is 18.4 Å². The normalized spacial score (nSPS) is 19.8. The molecule has 1 amide bonds. The molecular weight excluding hydrogens is 503 g/mol. The van der Waals surface area contributed by atoms with Crippen molar-refractivity contribution in [2.24, 2.45) is 5.92 Å². The fraction of sp³-hybridized carbons (Fsp3) is 0.435. The molecule has 4 heterocycles. The molecule has 13 heteroatoms. The molecule has 4 rings (SSSR count). The highest BCUT2D eigenvalue weighted by molar-refractivity contribution is 7.15. The Bertz CT molecular complexity index is 1230. The third-order valence-corrected chi connectivity index (χ3v) is 6.85. The minimum absolute atomic E-state index is 0.00966. The van der Waals surface area contributed by atoms with E-state index in [4.69, 9.17) is 0 Å². The first-order valence-corrected chi connectivity index (χ1v) is 11.9. The second-order valence-corrected chi connectivity index (χ2v) is 10.0. The summed E-state index contributed by atoms with van der Waals surface area (Å²) in [5.74, 6) is -4.34. The van der Waals surface area contributed by atoms with Crippen molar-refractivity contribution < 1.29 is 26.7 Å². The Kier molecular flexibility index (Phi) is 6.95. The number of anilines is 1. The van der Waals surface area contributed by atoms with E-state index in [0.29, 0.717) is 21.8 Å². The summed E-state index contributed by atoms with van der Waals surface area (Å²) in [5, 5.41) is 3.42. The van der Waals surface area contributed by atoms with E-state index in [0.717, 1.165) is 16.7 Å². The van der Waals surface area contributed by atoms with Crippen LogP contribution in [0.25, 0.3) is 10.6 Å². The molecule has 3 aromatic rings. The van der Waals surface area contributed by atoms with Crippen LogP contribution in [0.15, 0.2) is 30.7 Å². The lowest BCUT2D eigenvalue weighted by Crippen LogP contribution is -2.57. The molecule has 0 aromatic carbocycles. The number of pyridine rings is 1. The van der Waals surface area contributed by atoms with Gasteiger partial charge in [-0.25, -0.2) is 23.7 Å². The van der Waals surface area contributed by atoms with Gasteiger partial charge >= 0.3 is 6.18 Å². The molecule has 1 aliphatic heterocycles. The minimum Gasteiger partial charge on any atom is -0.367 e. The number of alkyl halides is 5. The topological polar surface area (TPSA) is 83.9 Å². The summed E-state index contributed by atoms with van der Waals surface area (Å²) in [7, 11) is 0. The van der Waals surface area contributed by atoms with Crippen LogP contribution >= 0.6 is 11.3 Å². The van der Waals surface area contributed by atoms with Crippen LogP contribution in [-0.4, -0.2) is 55.8 Å². The molecule has 2 atom stereocenters. The Balaban J connectivity index is 1.60. The van der Waals surface area contributed by atoms with Crippen LogP contribution in [0.4, 0.5) is 27.8 Å². The fourth-order valence-corrected chi connectivity index (χ4v) is 5.02. The van der Waals surface area contributed by atoms with Crippen molar-refractivity contribution in [2.45, 2.75) is 45.3 Å². The molecule has 0 unspecified atom stereocenters. The smallest absolute Gasteiger partial charge is 0.367 e. The summed E-state index contributed by atoms with van der Waals surface area (Å²) in [5.41, 5.74) is 0.334. The lowest BCUT2D eigenvalue weighted by molar-refractivity contribution is -0.141. The van der Waals surface area contributed by atoms with E-state index in [1.807, 2.05) is 13.0 Å². The van der Waals surface area contributed by atoms with Crippen molar-refractivity contribution in [1.82, 2.24) is 24.8 Å². The third-order valence-electron chi connectivity index (χ3n) is 5.86. The van der Waals surface area contributed by atoms with Gasteiger partial charge in [0, 0.05) is 19.2 Å². The van der Waals surface area contributed by atoms with E-state index in [2.05, 4.69) is 25.3 Å². The molecule has 1 aliphatic rings. The summed E-state index contributed by atoms with van der Waals surface area (Å²) < 4.78 is 67.4. The Hall–Kier alpha value is -3.22. The van der Waals surface area contributed by atoms with E-state index in [9.17, 15) is 26.7 Å². The summed E-state index contributed by atoms with van der Waals surface area (Å²) in [6, 6.07) is 2.89. The maximum Gasteiger partial charge on any atom is 0.434 e. The van der Waals surface area contributed by atoms with Crippen molar-refractivity contribution in [3.05, 3.63) is 52.7 Å². The molecule has 1 saturated heterocycles. The number of rotatable bonds is 5. The van der Waals surface area contributed by atoms with Crippen LogP contribution in [0, 0.1) is 19.8 Å². The van der Waals surface area contributed by atoms with E-state index in [-0.39, 0.29) is 18.1 Å². The summed E-state index contributed by atoms with van der Waals surface area (Å²) in [6.45, 7) is 4.38. The molecule has 192 valence electrons. The predicted molar refractivity (Wildman–Crippen MR) is 124 cm³/mol. The first kappa shape index (κ1) is 25.9. The first-order valence-electron chi connectivity index (χ1n) is 11.1. The number of hydrogen-bond acceptors (Lipinski definition) is 7. The lowest BCUT2D eigenvalue weighted by atomic mass is 9.88. The van der Waals surface area contributed by atoms with Crippen LogP contribution < -0.4 is 5.32 Å². The summed E-state index contributed by atoms with van der Waals surface area (Å²) >= 11 is 1.25. The predicted octanol–water partition coefficient (Wildman–Crippen LogP) is 5.23. The van der Waals surface area contributed by atoms with E-state index < -0.39 is 48.6 Å². The van der Waals surface area contributed by atoms with Crippen LogP contribution in [0.1, 0.15) is 40.1 Å². The van der Waals surface area contributed by atoms with Gasteiger partial charge in [-0.2, -0.15) is 13.2 Å². The molecule has 1 N–H and O–H groups in total. The van der Waals surface area contributed by atoms with Crippen LogP contribution in [0.3, 0.4) is 0 Å². The number of nitrogens with zero attached hydrogens (tertiary/aromatic N) is 5. The van der Waals surface area contributed by atoms with Crippen molar-refractivity contribution in [3.8, 4) is 10.6 Å². The van der Waals surface area contributed by atoms with Gasteiger partial charge in [-0.1, -0.05) is 13.0 Å². The molecule has 7 nitrogen and oxygen atoms in total. The van der Waals surface area contributed by atoms with Gasteiger partial charge in [0.25, 0.3) is 11.8 Å². The standard InChI is InChI=1S/C23H23F5N6OS/c1-12-4-5-15(29-7-12)20-19(33-14(3)36-20)21(35)34-11-22(24,25)6-13(2)16(34)8-31-18-10-30-17(9-32-18)23(26,27)28/h4-5,7,9-10,13,16H,6,8,11H2,1-3H3,(H,31,32)/t13-,16-/m1/s1. The van der Waals surface area contributed by atoms with E-state index >= 15 is 0 Å². The number of amides is 1. The molecule has 1 fully saturated rings. The quantitative estimate of drug-likeness (QED) is 0.459. The number of halogens is 5. The minimum atomic E-state index is -4.63. The third kappa shape index (κ3) is 5.61. The number of carbonyl (C=O) groups excluding carboxylic acids is 1. The number of aromatic nitrogens is 4. The molecule has 0 saturated carbocycles. The van der Waals surface area contributed by atoms with Gasteiger partial charge in [0.15, 0.2) is 5.69 Å². The highest BCUT2D eigenvalue weighted by Gasteiger charge is 2.47. The maximum absolute atomic E-state index is 14.6. The zero-order valence-corrected chi connectivity index (χ0v) is 20.4. The molecule has 0 radical (unpaired) electrons. The molecule has 0 aliphatic carbocycles. The number of nitrogens with one attached hydrogen (secondary N) is 1. The van der Waals surface area contributed by atoms with Gasteiger partial charge in [0.05, 0.1) is 40.6 Å².